The lowest BCUT2D eigenvalue weighted by molar-refractivity contribution is 0.0918. The van der Waals surface area contributed by atoms with E-state index in [0.717, 1.165) is 17.7 Å². The first-order valence-corrected chi connectivity index (χ1v) is 11.6. The maximum atomic E-state index is 12.8. The first-order chi connectivity index (χ1) is 16.7. The quantitative estimate of drug-likeness (QED) is 0.446. The molecule has 0 bridgehead atoms. The van der Waals surface area contributed by atoms with E-state index in [2.05, 4.69) is 63.8 Å². The molecule has 1 aliphatic heterocycles. The molecule has 1 atom stereocenters. The van der Waals surface area contributed by atoms with E-state index in [1.54, 1.807) is 0 Å². The largest absolute Gasteiger partial charge is 0.394 e. The second-order valence-corrected chi connectivity index (χ2v) is 8.66. The van der Waals surface area contributed by atoms with E-state index in [9.17, 15) is 9.90 Å². The molecule has 0 spiro atoms. The molecule has 2 heterocycles. The number of aryl methyl sites for hydroxylation is 2. The minimum Gasteiger partial charge on any atom is -0.394 e. The van der Waals surface area contributed by atoms with Gasteiger partial charge in [-0.25, -0.2) is 0 Å². The predicted octanol–water partition coefficient (Wildman–Crippen LogP) is 3.90. The van der Waals surface area contributed by atoms with Gasteiger partial charge in [0, 0.05) is 25.8 Å². The average Bonchev–Trinajstić information content (AvgIpc) is 3.28. The maximum Gasteiger partial charge on any atom is 0.274 e. The molecule has 1 aromatic heterocycles. The van der Waals surface area contributed by atoms with Gasteiger partial charge in [0.15, 0.2) is 5.69 Å². The van der Waals surface area contributed by atoms with Gasteiger partial charge in [-0.1, -0.05) is 84.9 Å². The Kier molecular flexibility index (Phi) is 6.40. The Balaban J connectivity index is 1.38. The molecule has 0 saturated heterocycles. The number of rotatable bonds is 7. The topological polar surface area (TPSA) is 70.4 Å². The number of aromatic nitrogens is 2. The van der Waals surface area contributed by atoms with Crippen LogP contribution in [0.25, 0.3) is 11.1 Å². The summed E-state index contributed by atoms with van der Waals surface area (Å²) >= 11 is 0. The number of carbonyl (C=O) groups is 1. The highest BCUT2D eigenvalue weighted by Crippen LogP contribution is 2.26. The highest BCUT2D eigenvalue weighted by molar-refractivity contribution is 5.98. The maximum absolute atomic E-state index is 12.8. The van der Waals surface area contributed by atoms with E-state index >= 15 is 0 Å². The number of aliphatic hydroxyl groups is 1. The number of nitrogens with one attached hydrogen (secondary N) is 1. The Labute approximate surface area is 199 Å². The van der Waals surface area contributed by atoms with E-state index < -0.39 is 0 Å². The molecule has 0 fully saturated rings. The Morgan fingerprint density at radius 1 is 0.882 bits per heavy atom. The van der Waals surface area contributed by atoms with Crippen LogP contribution in [-0.2, 0) is 19.5 Å². The molecule has 0 saturated carbocycles. The van der Waals surface area contributed by atoms with Crippen LogP contribution in [0.4, 0.5) is 5.69 Å². The van der Waals surface area contributed by atoms with Gasteiger partial charge in [0.1, 0.15) is 0 Å². The molecule has 6 heteroatoms. The number of fused-ring (bicyclic) bond motifs is 1. The van der Waals surface area contributed by atoms with Crippen molar-refractivity contribution in [2.45, 2.75) is 25.6 Å². The Hall–Kier alpha value is -3.90. The van der Waals surface area contributed by atoms with E-state index in [1.165, 1.54) is 16.7 Å². The summed E-state index contributed by atoms with van der Waals surface area (Å²) in [6.07, 6.45) is 2.79. The molecule has 1 unspecified atom stereocenters. The molecule has 1 amide bonds. The van der Waals surface area contributed by atoms with E-state index in [4.69, 9.17) is 0 Å². The number of aliphatic hydroxyl groups excluding tert-OH is 1. The average molecular weight is 453 g/mol. The molecular weight excluding hydrogens is 424 g/mol. The van der Waals surface area contributed by atoms with Crippen molar-refractivity contribution >= 4 is 11.6 Å². The Morgan fingerprint density at radius 3 is 2.26 bits per heavy atom. The summed E-state index contributed by atoms with van der Waals surface area (Å²) in [5.41, 5.74) is 5.92. The molecule has 2 N–H and O–H groups in total. The number of benzene rings is 3. The van der Waals surface area contributed by atoms with Crippen LogP contribution in [0.1, 0.15) is 21.6 Å². The van der Waals surface area contributed by atoms with Crippen molar-refractivity contribution in [1.29, 1.82) is 0 Å². The van der Waals surface area contributed by atoms with Crippen LogP contribution < -0.4 is 10.2 Å². The number of nitrogens with zero attached hydrogens (tertiary/aromatic N) is 3. The van der Waals surface area contributed by atoms with Gasteiger partial charge >= 0.3 is 0 Å². The number of anilines is 1. The summed E-state index contributed by atoms with van der Waals surface area (Å²) in [5.74, 6) is -0.241. The van der Waals surface area contributed by atoms with Gasteiger partial charge in [0.25, 0.3) is 5.91 Å². The molecule has 4 aromatic rings. The first-order valence-electron chi connectivity index (χ1n) is 11.6. The van der Waals surface area contributed by atoms with Crippen LogP contribution in [0, 0.1) is 0 Å². The number of hydrogen-bond acceptors (Lipinski definition) is 4. The van der Waals surface area contributed by atoms with Crippen molar-refractivity contribution in [2.24, 2.45) is 0 Å². The summed E-state index contributed by atoms with van der Waals surface area (Å²) < 4.78 is 1.85. The normalized spacial score (nSPS) is 15.5. The van der Waals surface area contributed by atoms with Gasteiger partial charge in [-0.15, -0.1) is 0 Å². The van der Waals surface area contributed by atoms with Crippen molar-refractivity contribution in [3.05, 3.63) is 108 Å². The fourth-order valence-electron chi connectivity index (χ4n) is 4.38. The second kappa shape index (κ2) is 9.93. The zero-order chi connectivity index (χ0) is 23.3. The minimum absolute atomic E-state index is 0.118. The molecule has 5 rings (SSSR count). The molecule has 3 aromatic carbocycles. The van der Waals surface area contributed by atoms with Gasteiger partial charge in [0.05, 0.1) is 18.3 Å². The number of amides is 1. The SMILES string of the molecule is O=C1NC(CO)CN(Cc2ccc(-c3ccccc3)cc2)c2cn(CCc3ccccc3)nc21. The fraction of sp³-hybridized carbons (Fsp3) is 0.214. The highest BCUT2D eigenvalue weighted by atomic mass is 16.3. The van der Waals surface area contributed by atoms with Crippen LogP contribution in [-0.4, -0.2) is 40.0 Å². The van der Waals surface area contributed by atoms with Crippen LogP contribution in [0.2, 0.25) is 0 Å². The predicted molar refractivity (Wildman–Crippen MR) is 134 cm³/mol. The lowest BCUT2D eigenvalue weighted by Crippen LogP contribution is -2.43. The Bertz CT molecular complexity index is 1240. The van der Waals surface area contributed by atoms with E-state index in [1.807, 2.05) is 47.3 Å². The molecular formula is C28H28N4O2. The summed E-state index contributed by atoms with van der Waals surface area (Å²) in [6, 6.07) is 28.7. The number of hydrogen-bond donors (Lipinski definition) is 2. The van der Waals surface area contributed by atoms with Gasteiger partial charge in [-0.05, 0) is 28.7 Å². The smallest absolute Gasteiger partial charge is 0.274 e. The van der Waals surface area contributed by atoms with Crippen LogP contribution in [0.5, 0.6) is 0 Å². The summed E-state index contributed by atoms with van der Waals surface area (Å²) in [5, 5.41) is 17.3. The number of carbonyl (C=O) groups excluding carboxylic acids is 1. The molecule has 172 valence electrons. The van der Waals surface area contributed by atoms with Crippen LogP contribution in [0.3, 0.4) is 0 Å². The third-order valence-electron chi connectivity index (χ3n) is 6.20. The standard InChI is InChI=1S/C28H28N4O2/c33-20-25-18-31(17-22-11-13-24(14-12-22)23-9-5-2-6-10-23)26-19-32(30-27(26)28(34)29-25)16-15-21-7-3-1-4-8-21/h1-14,19,25,33H,15-18,20H2,(H,29,34). The van der Waals surface area contributed by atoms with Crippen molar-refractivity contribution in [1.82, 2.24) is 15.1 Å². The Morgan fingerprint density at radius 2 is 1.56 bits per heavy atom. The van der Waals surface area contributed by atoms with Gasteiger partial charge in [0.2, 0.25) is 0 Å². The molecule has 1 aliphatic rings. The summed E-state index contributed by atoms with van der Waals surface area (Å²) in [7, 11) is 0. The highest BCUT2D eigenvalue weighted by Gasteiger charge is 2.29. The van der Waals surface area contributed by atoms with Crippen molar-refractivity contribution in [3.63, 3.8) is 0 Å². The zero-order valence-electron chi connectivity index (χ0n) is 19.0. The van der Waals surface area contributed by atoms with E-state index in [-0.39, 0.29) is 18.6 Å². The minimum atomic E-state index is -0.344. The summed E-state index contributed by atoms with van der Waals surface area (Å²) in [4.78, 5) is 15.0. The second-order valence-electron chi connectivity index (χ2n) is 8.66. The molecule has 6 nitrogen and oxygen atoms in total. The first kappa shape index (κ1) is 21.9. The third-order valence-corrected chi connectivity index (χ3v) is 6.20. The molecule has 0 aliphatic carbocycles. The van der Waals surface area contributed by atoms with Gasteiger partial charge in [-0.2, -0.15) is 5.10 Å². The third kappa shape index (κ3) is 4.87. The van der Waals surface area contributed by atoms with Crippen molar-refractivity contribution in [2.75, 3.05) is 18.1 Å². The van der Waals surface area contributed by atoms with E-state index in [0.29, 0.717) is 25.3 Å². The van der Waals surface area contributed by atoms with Crippen LogP contribution >= 0.6 is 0 Å². The van der Waals surface area contributed by atoms with Crippen molar-refractivity contribution in [3.8, 4) is 11.1 Å². The molecule has 34 heavy (non-hydrogen) atoms. The zero-order valence-corrected chi connectivity index (χ0v) is 19.0. The summed E-state index contributed by atoms with van der Waals surface area (Å²) in [6.45, 7) is 1.71. The lowest BCUT2D eigenvalue weighted by Gasteiger charge is -2.25. The monoisotopic (exact) mass is 452 g/mol. The van der Waals surface area contributed by atoms with Gasteiger partial charge in [-0.3, -0.25) is 9.48 Å². The van der Waals surface area contributed by atoms with Gasteiger partial charge < -0.3 is 15.3 Å². The fourth-order valence-corrected chi connectivity index (χ4v) is 4.38. The van der Waals surface area contributed by atoms with Crippen LogP contribution in [0.15, 0.2) is 91.1 Å². The molecule has 0 radical (unpaired) electrons. The lowest BCUT2D eigenvalue weighted by atomic mass is 10.0. The van der Waals surface area contributed by atoms with Crippen molar-refractivity contribution < 1.29 is 9.90 Å².